The fraction of sp³-hybridized carbons (Fsp3) is 0.308. The van der Waals surface area contributed by atoms with Gasteiger partial charge in [-0.15, -0.1) is 0 Å². The van der Waals surface area contributed by atoms with Gasteiger partial charge in [0, 0.05) is 17.1 Å². The van der Waals surface area contributed by atoms with Crippen molar-refractivity contribution in [3.05, 3.63) is 46.6 Å². The normalized spacial score (nSPS) is 12.6. The van der Waals surface area contributed by atoms with Crippen LogP contribution < -0.4 is 5.32 Å². The molecule has 0 amide bonds. The fourth-order valence-electron chi connectivity index (χ4n) is 1.64. The molecule has 0 bridgehead atoms. The van der Waals surface area contributed by atoms with E-state index in [2.05, 4.69) is 10.3 Å². The molecule has 1 heterocycles. The van der Waals surface area contributed by atoms with E-state index >= 15 is 0 Å². The molecule has 0 aliphatic heterocycles. The van der Waals surface area contributed by atoms with E-state index < -0.39 is 0 Å². The van der Waals surface area contributed by atoms with Crippen LogP contribution in [0.4, 0.5) is 0 Å². The van der Waals surface area contributed by atoms with Crippen LogP contribution in [0.1, 0.15) is 30.2 Å². The predicted molar refractivity (Wildman–Crippen MR) is 69.6 cm³/mol. The highest BCUT2D eigenvalue weighted by atomic mass is 35.5. The Morgan fingerprint density at radius 1 is 1.50 bits per heavy atom. The van der Waals surface area contributed by atoms with E-state index in [1.54, 1.807) is 24.4 Å². The zero-order valence-electron chi connectivity index (χ0n) is 10.3. The highest BCUT2D eigenvalue weighted by Crippen LogP contribution is 2.25. The molecule has 0 aliphatic rings. The van der Waals surface area contributed by atoms with Gasteiger partial charge in [0.1, 0.15) is 11.5 Å². The van der Waals surface area contributed by atoms with Crippen LogP contribution in [0, 0.1) is 6.92 Å². The summed E-state index contributed by atoms with van der Waals surface area (Å²) in [5.41, 5.74) is 0.675. The van der Waals surface area contributed by atoms with Gasteiger partial charge >= 0.3 is 0 Å². The first-order valence-corrected chi connectivity index (χ1v) is 6.08. The third-order valence-electron chi connectivity index (χ3n) is 2.69. The maximum absolute atomic E-state index is 9.72. The second-order valence-electron chi connectivity index (χ2n) is 4.15. The van der Waals surface area contributed by atoms with Gasteiger partial charge in [-0.05, 0) is 26.0 Å². The lowest BCUT2D eigenvalue weighted by atomic mass is 10.2. The van der Waals surface area contributed by atoms with E-state index in [0.29, 0.717) is 23.0 Å². The summed E-state index contributed by atoms with van der Waals surface area (Å²) in [6, 6.07) is 5.03. The Hall–Kier alpha value is -1.52. The van der Waals surface area contributed by atoms with Crippen LogP contribution in [0.25, 0.3) is 0 Å². The van der Waals surface area contributed by atoms with Crippen molar-refractivity contribution in [3.8, 4) is 5.75 Å². The lowest BCUT2D eigenvalue weighted by molar-refractivity contribution is 0.398. The molecule has 1 aromatic carbocycles. The monoisotopic (exact) mass is 266 g/mol. The molecule has 0 saturated heterocycles. The Morgan fingerprint density at radius 2 is 2.28 bits per heavy atom. The molecule has 5 heteroatoms. The number of oxazole rings is 1. The molecule has 2 aromatic rings. The van der Waals surface area contributed by atoms with E-state index in [0.717, 1.165) is 5.76 Å². The van der Waals surface area contributed by atoms with Gasteiger partial charge < -0.3 is 14.8 Å². The Balaban J connectivity index is 2.03. The summed E-state index contributed by atoms with van der Waals surface area (Å²) < 4.78 is 5.43. The summed E-state index contributed by atoms with van der Waals surface area (Å²) >= 11 is 6.02. The third-order valence-corrected chi connectivity index (χ3v) is 3.04. The number of nitrogens with one attached hydrogen (secondary N) is 1. The van der Waals surface area contributed by atoms with Crippen molar-refractivity contribution in [2.75, 3.05) is 0 Å². The lowest BCUT2D eigenvalue weighted by Crippen LogP contribution is -2.18. The summed E-state index contributed by atoms with van der Waals surface area (Å²) in [6.45, 7) is 4.25. The van der Waals surface area contributed by atoms with Gasteiger partial charge in [0.05, 0.1) is 12.2 Å². The molecule has 0 spiro atoms. The van der Waals surface area contributed by atoms with Gasteiger partial charge in [0.25, 0.3) is 0 Å². The molecular weight excluding hydrogens is 252 g/mol. The maximum atomic E-state index is 9.72. The van der Waals surface area contributed by atoms with E-state index in [-0.39, 0.29) is 11.8 Å². The number of hydrogen-bond donors (Lipinski definition) is 2. The first kappa shape index (κ1) is 12.9. The summed E-state index contributed by atoms with van der Waals surface area (Å²) in [7, 11) is 0. The lowest BCUT2D eigenvalue weighted by Gasteiger charge is -2.12. The van der Waals surface area contributed by atoms with Crippen molar-refractivity contribution in [2.24, 2.45) is 0 Å². The average Bonchev–Trinajstić information content (AvgIpc) is 2.75. The molecule has 0 radical (unpaired) electrons. The van der Waals surface area contributed by atoms with Crippen molar-refractivity contribution < 1.29 is 9.52 Å². The molecule has 4 nitrogen and oxygen atoms in total. The summed E-state index contributed by atoms with van der Waals surface area (Å²) in [5, 5.41) is 13.5. The largest absolute Gasteiger partial charge is 0.508 e. The molecule has 2 rings (SSSR count). The number of hydrogen-bond acceptors (Lipinski definition) is 4. The quantitative estimate of drug-likeness (QED) is 0.892. The number of nitrogens with zero attached hydrogens (tertiary/aromatic N) is 1. The zero-order valence-corrected chi connectivity index (χ0v) is 11.0. The number of aromatic nitrogens is 1. The molecule has 2 N–H and O–H groups in total. The SMILES string of the molecule is Cc1cnc(C(C)NCc2c(O)cccc2Cl)o1. The Bertz CT molecular complexity index is 519. The number of aryl methyl sites for hydroxylation is 1. The third kappa shape index (κ3) is 2.83. The smallest absolute Gasteiger partial charge is 0.211 e. The van der Waals surface area contributed by atoms with Crippen molar-refractivity contribution in [3.63, 3.8) is 0 Å². The Labute approximate surface area is 111 Å². The standard InChI is InChI=1S/C13H15ClN2O2/c1-8-6-16-13(18-8)9(2)15-7-10-11(14)4-3-5-12(10)17/h3-6,9,15,17H,7H2,1-2H3. The Kier molecular flexibility index (Phi) is 3.89. The molecule has 0 fully saturated rings. The van der Waals surface area contributed by atoms with Crippen LogP contribution in [0.2, 0.25) is 5.02 Å². The van der Waals surface area contributed by atoms with Gasteiger partial charge in [-0.2, -0.15) is 0 Å². The summed E-state index contributed by atoms with van der Waals surface area (Å²) in [6.07, 6.45) is 1.68. The molecular formula is C13H15ClN2O2. The molecule has 1 atom stereocenters. The van der Waals surface area contributed by atoms with Crippen LogP contribution in [0.15, 0.2) is 28.8 Å². The molecule has 1 unspecified atom stereocenters. The van der Waals surface area contributed by atoms with Gasteiger partial charge in [0.2, 0.25) is 5.89 Å². The fourth-order valence-corrected chi connectivity index (χ4v) is 1.87. The molecule has 18 heavy (non-hydrogen) atoms. The summed E-state index contributed by atoms with van der Waals surface area (Å²) in [4.78, 5) is 4.15. The van der Waals surface area contributed by atoms with Crippen molar-refractivity contribution in [1.29, 1.82) is 0 Å². The number of phenols is 1. The summed E-state index contributed by atoms with van der Waals surface area (Å²) in [5.74, 6) is 1.59. The molecule has 96 valence electrons. The topological polar surface area (TPSA) is 58.3 Å². The van der Waals surface area contributed by atoms with E-state index in [4.69, 9.17) is 16.0 Å². The van der Waals surface area contributed by atoms with Gasteiger partial charge in [-0.1, -0.05) is 17.7 Å². The van der Waals surface area contributed by atoms with E-state index in [1.807, 2.05) is 13.8 Å². The minimum absolute atomic E-state index is 0.0469. The predicted octanol–water partition coefficient (Wildman–Crippen LogP) is 3.19. The van der Waals surface area contributed by atoms with Crippen LogP contribution in [0.5, 0.6) is 5.75 Å². The van der Waals surface area contributed by atoms with Crippen LogP contribution in [0.3, 0.4) is 0 Å². The highest BCUT2D eigenvalue weighted by Gasteiger charge is 2.13. The average molecular weight is 267 g/mol. The van der Waals surface area contributed by atoms with Gasteiger partial charge in [0.15, 0.2) is 0 Å². The van der Waals surface area contributed by atoms with E-state index in [1.165, 1.54) is 0 Å². The van der Waals surface area contributed by atoms with Crippen molar-refractivity contribution >= 4 is 11.6 Å². The van der Waals surface area contributed by atoms with Crippen LogP contribution in [-0.2, 0) is 6.54 Å². The second-order valence-corrected chi connectivity index (χ2v) is 4.56. The van der Waals surface area contributed by atoms with Crippen molar-refractivity contribution in [1.82, 2.24) is 10.3 Å². The van der Waals surface area contributed by atoms with Gasteiger partial charge in [-0.3, -0.25) is 0 Å². The number of benzene rings is 1. The molecule has 0 saturated carbocycles. The number of halogens is 1. The first-order valence-electron chi connectivity index (χ1n) is 5.70. The minimum Gasteiger partial charge on any atom is -0.508 e. The molecule has 1 aromatic heterocycles. The van der Waals surface area contributed by atoms with E-state index in [9.17, 15) is 5.11 Å². The second kappa shape index (κ2) is 5.42. The number of aromatic hydroxyl groups is 1. The number of phenolic OH excluding ortho intramolecular Hbond substituents is 1. The number of rotatable bonds is 4. The molecule has 0 aliphatic carbocycles. The van der Waals surface area contributed by atoms with Gasteiger partial charge in [-0.25, -0.2) is 4.98 Å². The van der Waals surface area contributed by atoms with Crippen LogP contribution >= 0.6 is 11.6 Å². The Morgan fingerprint density at radius 3 is 2.89 bits per heavy atom. The highest BCUT2D eigenvalue weighted by molar-refractivity contribution is 6.31. The minimum atomic E-state index is -0.0469. The maximum Gasteiger partial charge on any atom is 0.211 e. The first-order chi connectivity index (χ1) is 8.58. The van der Waals surface area contributed by atoms with Crippen LogP contribution in [-0.4, -0.2) is 10.1 Å². The van der Waals surface area contributed by atoms with Crippen molar-refractivity contribution in [2.45, 2.75) is 26.4 Å². The zero-order chi connectivity index (χ0) is 13.1.